The predicted molar refractivity (Wildman–Crippen MR) is 77.6 cm³/mol. The van der Waals surface area contributed by atoms with E-state index in [0.29, 0.717) is 6.54 Å². The first-order valence-corrected chi connectivity index (χ1v) is 6.35. The van der Waals surface area contributed by atoms with Crippen molar-refractivity contribution in [2.24, 2.45) is 5.73 Å². The smallest absolute Gasteiger partial charge is 0.123 e. The van der Waals surface area contributed by atoms with Gasteiger partial charge in [0.05, 0.1) is 0 Å². The van der Waals surface area contributed by atoms with Crippen LogP contribution in [0.2, 0.25) is 0 Å². The van der Waals surface area contributed by atoms with Gasteiger partial charge in [-0.25, -0.2) is 4.39 Å². The molecule has 2 aromatic rings. The van der Waals surface area contributed by atoms with E-state index in [1.54, 1.807) is 0 Å². The normalized spacial score (nSPS) is 10.5. The van der Waals surface area contributed by atoms with Gasteiger partial charge in [0, 0.05) is 25.8 Å². The fourth-order valence-electron chi connectivity index (χ4n) is 2.22. The lowest BCUT2D eigenvalue weighted by Gasteiger charge is -2.22. The Bertz CT molecular complexity index is 549. The number of hydrogen-bond acceptors (Lipinski definition) is 2. The molecule has 0 atom stereocenters. The molecule has 0 spiro atoms. The van der Waals surface area contributed by atoms with Crippen LogP contribution in [0.5, 0.6) is 0 Å². The molecular weight excluding hydrogens is 239 g/mol. The van der Waals surface area contributed by atoms with Crippen LogP contribution in [0.15, 0.2) is 42.5 Å². The maximum atomic E-state index is 12.9. The second-order valence-electron chi connectivity index (χ2n) is 4.81. The summed E-state index contributed by atoms with van der Waals surface area (Å²) in [5.41, 5.74) is 10.2. The highest BCUT2D eigenvalue weighted by atomic mass is 19.1. The van der Waals surface area contributed by atoms with Crippen LogP contribution in [0.1, 0.15) is 16.7 Å². The van der Waals surface area contributed by atoms with Gasteiger partial charge in [0.1, 0.15) is 5.82 Å². The molecule has 0 aliphatic heterocycles. The van der Waals surface area contributed by atoms with Crippen molar-refractivity contribution in [3.05, 3.63) is 65.0 Å². The second kappa shape index (κ2) is 5.85. The van der Waals surface area contributed by atoms with E-state index in [-0.39, 0.29) is 5.82 Å². The van der Waals surface area contributed by atoms with Crippen LogP contribution >= 0.6 is 0 Å². The third-order valence-corrected chi connectivity index (χ3v) is 3.24. The lowest BCUT2D eigenvalue weighted by molar-refractivity contribution is 0.627. The number of rotatable bonds is 4. The lowest BCUT2D eigenvalue weighted by Crippen LogP contribution is -2.17. The van der Waals surface area contributed by atoms with Crippen molar-refractivity contribution >= 4 is 5.69 Å². The van der Waals surface area contributed by atoms with E-state index >= 15 is 0 Å². The summed E-state index contributed by atoms with van der Waals surface area (Å²) in [6.45, 7) is 3.39. The van der Waals surface area contributed by atoms with E-state index in [0.717, 1.165) is 17.7 Å². The molecule has 0 bridgehead atoms. The number of halogens is 1. The standard InChI is InChI=1S/C16H19FN2/c1-12-9-14(10-18)5-8-16(12)19(2)11-13-3-6-15(17)7-4-13/h3-9H,10-11,18H2,1-2H3. The Labute approximate surface area is 113 Å². The summed E-state index contributed by atoms with van der Waals surface area (Å²) in [7, 11) is 2.04. The highest BCUT2D eigenvalue weighted by Crippen LogP contribution is 2.21. The van der Waals surface area contributed by atoms with Crippen LogP contribution < -0.4 is 10.6 Å². The molecule has 0 fully saturated rings. The summed E-state index contributed by atoms with van der Waals surface area (Å²) in [5.74, 6) is -0.199. The first-order valence-electron chi connectivity index (χ1n) is 6.35. The average Bonchev–Trinajstić information content (AvgIpc) is 2.41. The summed E-state index contributed by atoms with van der Waals surface area (Å²) in [5, 5.41) is 0. The highest BCUT2D eigenvalue weighted by Gasteiger charge is 2.06. The number of hydrogen-bond donors (Lipinski definition) is 1. The van der Waals surface area contributed by atoms with Gasteiger partial charge in [0.2, 0.25) is 0 Å². The van der Waals surface area contributed by atoms with Crippen molar-refractivity contribution < 1.29 is 4.39 Å². The van der Waals surface area contributed by atoms with Gasteiger partial charge < -0.3 is 10.6 Å². The molecule has 2 rings (SSSR count). The van der Waals surface area contributed by atoms with E-state index in [1.165, 1.54) is 23.4 Å². The molecule has 100 valence electrons. The summed E-state index contributed by atoms with van der Waals surface area (Å²) >= 11 is 0. The molecule has 3 heteroatoms. The monoisotopic (exact) mass is 258 g/mol. The van der Waals surface area contributed by atoms with Crippen molar-refractivity contribution in [1.82, 2.24) is 0 Å². The zero-order chi connectivity index (χ0) is 13.8. The second-order valence-corrected chi connectivity index (χ2v) is 4.81. The van der Waals surface area contributed by atoms with Crippen LogP contribution in [0.4, 0.5) is 10.1 Å². The van der Waals surface area contributed by atoms with Gasteiger partial charge in [-0.05, 0) is 41.8 Å². The van der Waals surface area contributed by atoms with Crippen LogP contribution in [-0.4, -0.2) is 7.05 Å². The van der Waals surface area contributed by atoms with Crippen LogP contribution in [0.3, 0.4) is 0 Å². The molecule has 0 saturated carbocycles. The molecule has 0 heterocycles. The highest BCUT2D eigenvalue weighted by molar-refractivity contribution is 5.54. The summed E-state index contributed by atoms with van der Waals surface area (Å²) in [4.78, 5) is 2.16. The van der Waals surface area contributed by atoms with E-state index < -0.39 is 0 Å². The largest absolute Gasteiger partial charge is 0.370 e. The maximum Gasteiger partial charge on any atom is 0.123 e. The molecule has 0 radical (unpaired) electrons. The van der Waals surface area contributed by atoms with Crippen LogP contribution in [-0.2, 0) is 13.1 Å². The van der Waals surface area contributed by atoms with Crippen LogP contribution in [0.25, 0.3) is 0 Å². The van der Waals surface area contributed by atoms with E-state index in [4.69, 9.17) is 5.73 Å². The number of aryl methyl sites for hydroxylation is 1. The van der Waals surface area contributed by atoms with Gasteiger partial charge >= 0.3 is 0 Å². The van der Waals surface area contributed by atoms with Crippen molar-refractivity contribution in [3.8, 4) is 0 Å². The molecule has 0 amide bonds. The van der Waals surface area contributed by atoms with E-state index in [2.05, 4.69) is 24.0 Å². The van der Waals surface area contributed by atoms with E-state index in [9.17, 15) is 4.39 Å². The third kappa shape index (κ3) is 3.32. The Morgan fingerprint density at radius 2 is 1.68 bits per heavy atom. The van der Waals surface area contributed by atoms with Gasteiger partial charge in [-0.2, -0.15) is 0 Å². The van der Waals surface area contributed by atoms with Gasteiger partial charge in [-0.15, -0.1) is 0 Å². The Hall–Kier alpha value is -1.87. The molecule has 0 saturated heterocycles. The molecule has 0 aromatic heterocycles. The van der Waals surface area contributed by atoms with Gasteiger partial charge in [-0.3, -0.25) is 0 Å². The predicted octanol–water partition coefficient (Wildman–Crippen LogP) is 3.23. The number of benzene rings is 2. The minimum Gasteiger partial charge on any atom is -0.370 e. The molecule has 2 nitrogen and oxygen atoms in total. The Morgan fingerprint density at radius 3 is 2.26 bits per heavy atom. The third-order valence-electron chi connectivity index (χ3n) is 3.24. The molecule has 2 N–H and O–H groups in total. The fraction of sp³-hybridized carbons (Fsp3) is 0.250. The molecular formula is C16H19FN2. The van der Waals surface area contributed by atoms with Gasteiger partial charge in [-0.1, -0.05) is 24.3 Å². The van der Waals surface area contributed by atoms with Crippen LogP contribution in [0, 0.1) is 12.7 Å². The van der Waals surface area contributed by atoms with Gasteiger partial charge in [0.15, 0.2) is 0 Å². The minimum atomic E-state index is -0.199. The first-order chi connectivity index (χ1) is 9.10. The van der Waals surface area contributed by atoms with Crippen molar-refractivity contribution in [2.75, 3.05) is 11.9 Å². The molecule has 2 aromatic carbocycles. The van der Waals surface area contributed by atoms with Crippen molar-refractivity contribution in [1.29, 1.82) is 0 Å². The minimum absolute atomic E-state index is 0.199. The molecule has 0 unspecified atom stereocenters. The maximum absolute atomic E-state index is 12.9. The quantitative estimate of drug-likeness (QED) is 0.912. The fourth-order valence-corrected chi connectivity index (χ4v) is 2.22. The van der Waals surface area contributed by atoms with E-state index in [1.807, 2.05) is 25.2 Å². The van der Waals surface area contributed by atoms with Crippen molar-refractivity contribution in [2.45, 2.75) is 20.0 Å². The lowest BCUT2D eigenvalue weighted by atomic mass is 10.1. The Morgan fingerprint density at radius 1 is 1.05 bits per heavy atom. The number of nitrogens with zero attached hydrogens (tertiary/aromatic N) is 1. The topological polar surface area (TPSA) is 29.3 Å². The zero-order valence-electron chi connectivity index (χ0n) is 11.4. The average molecular weight is 258 g/mol. The summed E-state index contributed by atoms with van der Waals surface area (Å²) in [6, 6.07) is 12.9. The summed E-state index contributed by atoms with van der Waals surface area (Å²) < 4.78 is 12.9. The Balaban J connectivity index is 2.15. The summed E-state index contributed by atoms with van der Waals surface area (Å²) in [6.07, 6.45) is 0. The first kappa shape index (κ1) is 13.6. The number of nitrogens with two attached hydrogens (primary N) is 1. The molecule has 0 aliphatic rings. The van der Waals surface area contributed by atoms with Gasteiger partial charge in [0.25, 0.3) is 0 Å². The Kier molecular flexibility index (Phi) is 4.17. The SMILES string of the molecule is Cc1cc(CN)ccc1N(C)Cc1ccc(F)cc1. The molecule has 0 aliphatic carbocycles. The zero-order valence-corrected chi connectivity index (χ0v) is 11.4. The number of anilines is 1. The molecule has 19 heavy (non-hydrogen) atoms. The van der Waals surface area contributed by atoms with Crippen molar-refractivity contribution in [3.63, 3.8) is 0 Å².